The van der Waals surface area contributed by atoms with Crippen LogP contribution in [0.2, 0.25) is 5.02 Å². The lowest BCUT2D eigenvalue weighted by molar-refractivity contribution is -0.118. The molecule has 23 heavy (non-hydrogen) atoms. The number of fused-ring (bicyclic) bond motifs is 1. The number of halogens is 1. The van der Waals surface area contributed by atoms with Crippen molar-refractivity contribution in [2.75, 3.05) is 19.0 Å². The number of carbonyl (C=O) groups excluding carboxylic acids is 2. The SMILES string of the molecule is CN(Cc1ccc(Cl)cc1)C(=O)c1ccc2c(c1)NC(=O)CO2. The quantitative estimate of drug-likeness (QED) is 0.941. The molecule has 6 heteroatoms. The van der Waals surface area contributed by atoms with Crippen LogP contribution in [0.25, 0.3) is 0 Å². The molecule has 0 fully saturated rings. The number of carbonyl (C=O) groups is 2. The molecule has 0 saturated heterocycles. The number of hydrogen-bond donors (Lipinski definition) is 1. The summed E-state index contributed by atoms with van der Waals surface area (Å²) in [7, 11) is 1.73. The van der Waals surface area contributed by atoms with E-state index in [9.17, 15) is 9.59 Å². The number of anilines is 1. The Bertz CT molecular complexity index is 759. The molecule has 2 aromatic carbocycles. The third-order valence-corrected chi connectivity index (χ3v) is 3.79. The Hall–Kier alpha value is -2.53. The highest BCUT2D eigenvalue weighted by Crippen LogP contribution is 2.28. The highest BCUT2D eigenvalue weighted by atomic mass is 35.5. The molecule has 2 amide bonds. The molecule has 1 aliphatic heterocycles. The summed E-state index contributed by atoms with van der Waals surface area (Å²) >= 11 is 5.86. The maximum atomic E-state index is 12.5. The van der Waals surface area contributed by atoms with Crippen molar-refractivity contribution in [3.63, 3.8) is 0 Å². The molecule has 0 radical (unpaired) electrons. The molecule has 0 saturated carbocycles. The summed E-state index contributed by atoms with van der Waals surface area (Å²) in [5, 5.41) is 3.36. The maximum Gasteiger partial charge on any atom is 0.262 e. The maximum absolute atomic E-state index is 12.5. The normalized spacial score (nSPS) is 12.9. The number of ether oxygens (including phenoxy) is 1. The number of nitrogens with one attached hydrogen (secondary N) is 1. The van der Waals surface area contributed by atoms with E-state index in [0.717, 1.165) is 5.56 Å². The van der Waals surface area contributed by atoms with Crippen LogP contribution >= 0.6 is 11.6 Å². The number of hydrogen-bond acceptors (Lipinski definition) is 3. The minimum atomic E-state index is -0.225. The van der Waals surface area contributed by atoms with Crippen LogP contribution in [0.5, 0.6) is 5.75 Å². The van der Waals surface area contributed by atoms with Gasteiger partial charge in [-0.1, -0.05) is 23.7 Å². The van der Waals surface area contributed by atoms with Gasteiger partial charge in [0.2, 0.25) is 0 Å². The summed E-state index contributed by atoms with van der Waals surface area (Å²) in [5.41, 5.74) is 2.00. The van der Waals surface area contributed by atoms with Gasteiger partial charge in [-0.15, -0.1) is 0 Å². The Morgan fingerprint density at radius 3 is 2.74 bits per heavy atom. The first kappa shape index (κ1) is 15.4. The first-order valence-corrected chi connectivity index (χ1v) is 7.47. The third-order valence-electron chi connectivity index (χ3n) is 3.54. The highest BCUT2D eigenvalue weighted by Gasteiger charge is 2.19. The van der Waals surface area contributed by atoms with Crippen molar-refractivity contribution >= 4 is 29.1 Å². The topological polar surface area (TPSA) is 58.6 Å². The fourth-order valence-electron chi connectivity index (χ4n) is 2.37. The van der Waals surface area contributed by atoms with E-state index in [1.165, 1.54) is 0 Å². The summed E-state index contributed by atoms with van der Waals surface area (Å²) in [5.74, 6) is 0.209. The Morgan fingerprint density at radius 2 is 2.00 bits per heavy atom. The second-order valence-electron chi connectivity index (χ2n) is 5.34. The van der Waals surface area contributed by atoms with E-state index in [1.54, 1.807) is 42.3 Å². The average molecular weight is 331 g/mol. The number of amides is 2. The van der Waals surface area contributed by atoms with Crippen LogP contribution in [-0.4, -0.2) is 30.4 Å². The van der Waals surface area contributed by atoms with Gasteiger partial charge in [-0.05, 0) is 35.9 Å². The molecule has 3 rings (SSSR count). The smallest absolute Gasteiger partial charge is 0.262 e. The molecule has 1 aliphatic rings. The van der Waals surface area contributed by atoms with Gasteiger partial charge in [-0.3, -0.25) is 9.59 Å². The summed E-state index contributed by atoms with van der Waals surface area (Å²) in [6.07, 6.45) is 0. The van der Waals surface area contributed by atoms with Crippen molar-refractivity contribution < 1.29 is 14.3 Å². The van der Waals surface area contributed by atoms with Crippen molar-refractivity contribution in [3.05, 3.63) is 58.6 Å². The zero-order valence-corrected chi connectivity index (χ0v) is 13.3. The van der Waals surface area contributed by atoms with E-state index in [0.29, 0.717) is 28.6 Å². The van der Waals surface area contributed by atoms with Crippen LogP contribution < -0.4 is 10.1 Å². The van der Waals surface area contributed by atoms with Crippen LogP contribution in [0, 0.1) is 0 Å². The molecule has 0 atom stereocenters. The van der Waals surface area contributed by atoms with Gasteiger partial charge in [0.15, 0.2) is 6.61 Å². The van der Waals surface area contributed by atoms with Crippen LogP contribution in [0.15, 0.2) is 42.5 Å². The number of nitrogens with zero attached hydrogens (tertiary/aromatic N) is 1. The van der Waals surface area contributed by atoms with Gasteiger partial charge in [0.05, 0.1) is 5.69 Å². The fourth-order valence-corrected chi connectivity index (χ4v) is 2.50. The number of benzene rings is 2. The zero-order chi connectivity index (χ0) is 16.4. The molecule has 5 nitrogen and oxygen atoms in total. The van der Waals surface area contributed by atoms with Gasteiger partial charge < -0.3 is 15.0 Å². The Morgan fingerprint density at radius 1 is 1.26 bits per heavy atom. The first-order valence-electron chi connectivity index (χ1n) is 7.09. The lowest BCUT2D eigenvalue weighted by Crippen LogP contribution is -2.28. The summed E-state index contributed by atoms with van der Waals surface area (Å²) < 4.78 is 5.29. The lowest BCUT2D eigenvalue weighted by atomic mass is 10.1. The van der Waals surface area contributed by atoms with Gasteiger partial charge >= 0.3 is 0 Å². The van der Waals surface area contributed by atoms with Crippen molar-refractivity contribution in [1.29, 1.82) is 0 Å². The van der Waals surface area contributed by atoms with E-state index in [-0.39, 0.29) is 18.4 Å². The van der Waals surface area contributed by atoms with Crippen LogP contribution in [0.3, 0.4) is 0 Å². The minimum absolute atomic E-state index is 0.00321. The van der Waals surface area contributed by atoms with E-state index in [4.69, 9.17) is 16.3 Å². The van der Waals surface area contributed by atoms with Gasteiger partial charge in [0.1, 0.15) is 5.75 Å². The average Bonchev–Trinajstić information content (AvgIpc) is 2.55. The lowest BCUT2D eigenvalue weighted by Gasteiger charge is -2.21. The van der Waals surface area contributed by atoms with Crippen LogP contribution in [0.1, 0.15) is 15.9 Å². The highest BCUT2D eigenvalue weighted by molar-refractivity contribution is 6.30. The Kier molecular flexibility index (Phi) is 4.21. The van der Waals surface area contributed by atoms with Gasteiger partial charge in [0, 0.05) is 24.2 Å². The molecule has 0 bridgehead atoms. The second-order valence-corrected chi connectivity index (χ2v) is 5.77. The molecule has 0 aromatic heterocycles. The zero-order valence-electron chi connectivity index (χ0n) is 12.5. The van der Waals surface area contributed by atoms with Gasteiger partial charge in [-0.2, -0.15) is 0 Å². The molecule has 118 valence electrons. The molecular formula is C17H15ClN2O3. The standard InChI is InChI=1S/C17H15ClN2O3/c1-20(9-11-2-5-13(18)6-3-11)17(22)12-4-7-15-14(8-12)19-16(21)10-23-15/h2-8H,9-10H2,1H3,(H,19,21). The predicted molar refractivity (Wildman–Crippen MR) is 87.8 cm³/mol. The number of rotatable bonds is 3. The Labute approximate surface area is 138 Å². The molecule has 0 aliphatic carbocycles. The summed E-state index contributed by atoms with van der Waals surface area (Å²) in [6.45, 7) is 0.465. The predicted octanol–water partition coefficient (Wildman–Crippen LogP) is 2.94. The molecular weight excluding hydrogens is 316 g/mol. The second kappa shape index (κ2) is 6.30. The van der Waals surface area contributed by atoms with Crippen molar-refractivity contribution in [1.82, 2.24) is 4.90 Å². The molecule has 0 spiro atoms. The van der Waals surface area contributed by atoms with E-state index >= 15 is 0 Å². The van der Waals surface area contributed by atoms with Crippen molar-refractivity contribution in [2.45, 2.75) is 6.54 Å². The first-order chi connectivity index (χ1) is 11.0. The monoisotopic (exact) mass is 330 g/mol. The van der Waals surface area contributed by atoms with Crippen molar-refractivity contribution in [2.24, 2.45) is 0 Å². The van der Waals surface area contributed by atoms with Crippen molar-refractivity contribution in [3.8, 4) is 5.75 Å². The van der Waals surface area contributed by atoms with E-state index in [1.807, 2.05) is 12.1 Å². The Balaban J connectivity index is 1.75. The van der Waals surface area contributed by atoms with E-state index in [2.05, 4.69) is 5.32 Å². The van der Waals surface area contributed by atoms with Gasteiger partial charge in [0.25, 0.3) is 11.8 Å². The fraction of sp³-hybridized carbons (Fsp3) is 0.176. The third kappa shape index (κ3) is 3.46. The molecule has 2 aromatic rings. The van der Waals surface area contributed by atoms with E-state index < -0.39 is 0 Å². The van der Waals surface area contributed by atoms with Gasteiger partial charge in [-0.25, -0.2) is 0 Å². The summed E-state index contributed by atoms with van der Waals surface area (Å²) in [6, 6.07) is 12.4. The molecule has 1 N–H and O–H groups in total. The molecule has 0 unspecified atom stereocenters. The van der Waals surface area contributed by atoms with Crippen LogP contribution in [0.4, 0.5) is 5.69 Å². The summed E-state index contributed by atoms with van der Waals surface area (Å²) in [4.78, 5) is 25.5. The van der Waals surface area contributed by atoms with Crippen LogP contribution in [-0.2, 0) is 11.3 Å². The minimum Gasteiger partial charge on any atom is -0.482 e. The largest absolute Gasteiger partial charge is 0.482 e. The molecule has 1 heterocycles.